The van der Waals surface area contributed by atoms with Crippen LogP contribution in [0.4, 0.5) is 21.5 Å². The average molecular weight is 365 g/mol. The Bertz CT molecular complexity index is 957. The average Bonchev–Trinajstić information content (AvgIpc) is 2.70. The van der Waals surface area contributed by atoms with E-state index in [1.54, 1.807) is 48.5 Å². The highest BCUT2D eigenvalue weighted by atomic mass is 19.1. The van der Waals surface area contributed by atoms with Crippen LogP contribution in [-0.4, -0.2) is 24.0 Å². The zero-order valence-corrected chi connectivity index (χ0v) is 14.4. The molecular formula is C20H16FN3O3. The van der Waals surface area contributed by atoms with Crippen molar-refractivity contribution in [2.24, 2.45) is 0 Å². The molecule has 0 bridgehead atoms. The van der Waals surface area contributed by atoms with Crippen LogP contribution in [0, 0.1) is 5.82 Å². The van der Waals surface area contributed by atoms with Gasteiger partial charge in [0.2, 0.25) is 0 Å². The number of carbonyl (C=O) groups excluding carboxylic acids is 2. The van der Waals surface area contributed by atoms with Crippen molar-refractivity contribution < 1.29 is 18.7 Å². The van der Waals surface area contributed by atoms with Crippen LogP contribution in [0.1, 0.15) is 20.8 Å². The summed E-state index contributed by atoms with van der Waals surface area (Å²) >= 11 is 0. The van der Waals surface area contributed by atoms with Crippen molar-refractivity contribution in [2.75, 3.05) is 17.7 Å². The third kappa shape index (κ3) is 4.46. The van der Waals surface area contributed by atoms with Gasteiger partial charge in [0.1, 0.15) is 11.5 Å². The number of methoxy groups -OCH3 is 1. The molecule has 3 rings (SSSR count). The second-order valence-electron chi connectivity index (χ2n) is 5.56. The summed E-state index contributed by atoms with van der Waals surface area (Å²) in [5.41, 5.74) is 1.98. The minimum atomic E-state index is -0.451. The van der Waals surface area contributed by atoms with E-state index in [2.05, 4.69) is 20.4 Å². The lowest BCUT2D eigenvalue weighted by Crippen LogP contribution is -2.13. The highest BCUT2D eigenvalue weighted by molar-refractivity contribution is 6.03. The zero-order valence-electron chi connectivity index (χ0n) is 14.4. The molecule has 0 fully saturated rings. The summed E-state index contributed by atoms with van der Waals surface area (Å²) < 4.78 is 18.3. The van der Waals surface area contributed by atoms with Crippen LogP contribution in [0.2, 0.25) is 0 Å². The number of aromatic nitrogens is 1. The summed E-state index contributed by atoms with van der Waals surface area (Å²) in [7, 11) is 1.30. The van der Waals surface area contributed by atoms with Crippen molar-refractivity contribution in [1.82, 2.24) is 4.98 Å². The number of nitrogens with one attached hydrogen (secondary N) is 2. The van der Waals surface area contributed by atoms with E-state index < -0.39 is 11.9 Å². The Morgan fingerprint density at radius 2 is 1.67 bits per heavy atom. The molecule has 0 aliphatic rings. The van der Waals surface area contributed by atoms with Gasteiger partial charge in [0.25, 0.3) is 5.91 Å². The number of amides is 1. The first-order valence-corrected chi connectivity index (χ1v) is 8.04. The summed E-state index contributed by atoms with van der Waals surface area (Å²) in [6.45, 7) is 0. The molecule has 7 heteroatoms. The van der Waals surface area contributed by atoms with Crippen molar-refractivity contribution in [2.45, 2.75) is 0 Å². The fourth-order valence-electron chi connectivity index (χ4n) is 2.32. The predicted octanol–water partition coefficient (Wildman–Crippen LogP) is 4.00. The van der Waals surface area contributed by atoms with Gasteiger partial charge in [0.05, 0.1) is 30.2 Å². The maximum absolute atomic E-state index is 13.7. The topological polar surface area (TPSA) is 80.3 Å². The second-order valence-corrected chi connectivity index (χ2v) is 5.56. The van der Waals surface area contributed by atoms with E-state index in [9.17, 15) is 14.0 Å². The van der Waals surface area contributed by atoms with Crippen LogP contribution in [0.25, 0.3) is 0 Å². The molecule has 0 spiro atoms. The molecule has 1 amide bonds. The van der Waals surface area contributed by atoms with Crippen LogP contribution in [0.5, 0.6) is 0 Å². The minimum absolute atomic E-state index is 0.200. The van der Waals surface area contributed by atoms with Gasteiger partial charge in [0.15, 0.2) is 0 Å². The molecule has 1 heterocycles. The van der Waals surface area contributed by atoms with Crippen molar-refractivity contribution in [3.8, 4) is 0 Å². The standard InChI is InChI=1S/C20H16FN3O3/c1-27-20(26)13-6-8-14(9-7-13)24-19(25)18-11-10-15(12-22-18)23-17-5-3-2-4-16(17)21/h2-12,23H,1H3,(H,24,25). The number of hydrogen-bond acceptors (Lipinski definition) is 5. The SMILES string of the molecule is COC(=O)c1ccc(NC(=O)c2ccc(Nc3ccccc3F)cn2)cc1. The van der Waals surface area contributed by atoms with Crippen LogP contribution in [0.15, 0.2) is 66.9 Å². The molecule has 0 aliphatic heterocycles. The molecule has 27 heavy (non-hydrogen) atoms. The second kappa shape index (κ2) is 8.09. The first kappa shape index (κ1) is 18.1. The van der Waals surface area contributed by atoms with Gasteiger partial charge in [-0.2, -0.15) is 0 Å². The molecule has 0 aliphatic carbocycles. The van der Waals surface area contributed by atoms with Gasteiger partial charge in [-0.05, 0) is 48.5 Å². The molecule has 1 aromatic heterocycles. The van der Waals surface area contributed by atoms with E-state index in [1.807, 2.05) is 0 Å². The minimum Gasteiger partial charge on any atom is -0.465 e. The summed E-state index contributed by atoms with van der Waals surface area (Å²) in [6.07, 6.45) is 1.45. The molecule has 0 unspecified atom stereocenters. The molecule has 0 radical (unpaired) electrons. The predicted molar refractivity (Wildman–Crippen MR) is 99.7 cm³/mol. The number of para-hydroxylation sites is 1. The molecule has 0 saturated carbocycles. The van der Waals surface area contributed by atoms with Crippen molar-refractivity contribution >= 4 is 28.9 Å². The summed E-state index contributed by atoms with van der Waals surface area (Å²) in [4.78, 5) is 27.8. The molecule has 6 nitrogen and oxygen atoms in total. The maximum atomic E-state index is 13.7. The quantitative estimate of drug-likeness (QED) is 0.668. The number of halogens is 1. The first-order valence-electron chi connectivity index (χ1n) is 8.04. The van der Waals surface area contributed by atoms with Gasteiger partial charge in [-0.15, -0.1) is 0 Å². The fourth-order valence-corrected chi connectivity index (χ4v) is 2.32. The lowest BCUT2D eigenvalue weighted by Gasteiger charge is -2.08. The summed E-state index contributed by atoms with van der Waals surface area (Å²) in [5.74, 6) is -1.24. The molecule has 2 aromatic carbocycles. The van der Waals surface area contributed by atoms with Gasteiger partial charge in [-0.25, -0.2) is 14.2 Å². The summed E-state index contributed by atoms with van der Waals surface area (Å²) in [6, 6.07) is 15.7. The Labute approximate surface area is 155 Å². The van der Waals surface area contributed by atoms with E-state index >= 15 is 0 Å². The van der Waals surface area contributed by atoms with Crippen molar-refractivity contribution in [3.63, 3.8) is 0 Å². The Hall–Kier alpha value is -3.74. The number of pyridine rings is 1. The Kier molecular flexibility index (Phi) is 5.41. The molecule has 136 valence electrons. The van der Waals surface area contributed by atoms with E-state index in [-0.39, 0.29) is 11.5 Å². The number of rotatable bonds is 5. The fraction of sp³-hybridized carbons (Fsp3) is 0.0500. The number of esters is 1. The van der Waals surface area contributed by atoms with Crippen LogP contribution < -0.4 is 10.6 Å². The van der Waals surface area contributed by atoms with E-state index in [1.165, 1.54) is 25.4 Å². The summed E-state index contributed by atoms with van der Waals surface area (Å²) in [5, 5.41) is 5.58. The molecule has 0 saturated heterocycles. The number of benzene rings is 2. The lowest BCUT2D eigenvalue weighted by atomic mass is 10.2. The van der Waals surface area contributed by atoms with Crippen LogP contribution in [-0.2, 0) is 4.74 Å². The van der Waals surface area contributed by atoms with E-state index in [0.29, 0.717) is 22.6 Å². The molecular weight excluding hydrogens is 349 g/mol. The van der Waals surface area contributed by atoms with Gasteiger partial charge in [0, 0.05) is 5.69 Å². The largest absolute Gasteiger partial charge is 0.465 e. The Morgan fingerprint density at radius 3 is 2.30 bits per heavy atom. The maximum Gasteiger partial charge on any atom is 0.337 e. The Balaban J connectivity index is 1.65. The van der Waals surface area contributed by atoms with Gasteiger partial charge >= 0.3 is 5.97 Å². The number of carbonyl (C=O) groups is 2. The van der Waals surface area contributed by atoms with E-state index in [4.69, 9.17) is 0 Å². The number of hydrogen-bond donors (Lipinski definition) is 2. The molecule has 3 aromatic rings. The van der Waals surface area contributed by atoms with Crippen molar-refractivity contribution in [1.29, 1.82) is 0 Å². The van der Waals surface area contributed by atoms with Crippen molar-refractivity contribution in [3.05, 3.63) is 83.9 Å². The normalized spacial score (nSPS) is 10.1. The molecule has 0 atom stereocenters. The smallest absolute Gasteiger partial charge is 0.337 e. The third-order valence-electron chi connectivity index (χ3n) is 3.71. The highest BCUT2D eigenvalue weighted by Crippen LogP contribution is 2.19. The number of nitrogens with zero attached hydrogens (tertiary/aromatic N) is 1. The number of ether oxygens (including phenoxy) is 1. The highest BCUT2D eigenvalue weighted by Gasteiger charge is 2.10. The van der Waals surface area contributed by atoms with Crippen LogP contribution >= 0.6 is 0 Å². The van der Waals surface area contributed by atoms with E-state index in [0.717, 1.165) is 0 Å². The first-order chi connectivity index (χ1) is 13.1. The monoisotopic (exact) mass is 365 g/mol. The molecule has 2 N–H and O–H groups in total. The Morgan fingerprint density at radius 1 is 0.963 bits per heavy atom. The zero-order chi connectivity index (χ0) is 19.2. The van der Waals surface area contributed by atoms with Gasteiger partial charge in [-0.3, -0.25) is 4.79 Å². The number of anilines is 3. The van der Waals surface area contributed by atoms with Gasteiger partial charge < -0.3 is 15.4 Å². The van der Waals surface area contributed by atoms with Gasteiger partial charge in [-0.1, -0.05) is 12.1 Å². The van der Waals surface area contributed by atoms with Crippen LogP contribution in [0.3, 0.4) is 0 Å². The third-order valence-corrected chi connectivity index (χ3v) is 3.71. The lowest BCUT2D eigenvalue weighted by molar-refractivity contribution is 0.0600.